The van der Waals surface area contributed by atoms with E-state index >= 15 is 0 Å². The first-order valence-corrected chi connectivity index (χ1v) is 48.2. The minimum atomic E-state index is -4.26. The normalized spacial score (nSPS) is 22.1. The molecule has 8 N–H and O–H groups in total. The molecule has 8 fully saturated rings. The average Bonchev–Trinajstić information content (AvgIpc) is 1.52. The van der Waals surface area contributed by atoms with Crippen LogP contribution in [0.5, 0.6) is 0 Å². The number of hydrogen-bond donors (Lipinski definition) is 8. The lowest BCUT2D eigenvalue weighted by Crippen LogP contribution is -2.49. The number of hydroxylamine groups is 16. The van der Waals surface area contributed by atoms with Crippen LogP contribution in [0.15, 0.2) is 0 Å². The molecule has 7 atom stereocenters. The molecule has 8 amide bonds. The number of nitrogens with zero attached hydrogens (tertiary/aromatic N) is 11. The number of aliphatic hydroxyl groups is 1. The number of hydrogen-bond acceptors (Lipinski definition) is 29. The van der Waals surface area contributed by atoms with Gasteiger partial charge in [0.15, 0.2) is 11.6 Å². The van der Waals surface area contributed by atoms with Crippen molar-refractivity contribution in [2.75, 3.05) is 212 Å². The first-order valence-electron chi connectivity index (χ1n) is 37.7. The first kappa shape index (κ1) is 109. The number of rotatable bonds is 33. The summed E-state index contributed by atoms with van der Waals surface area (Å²) in [4.78, 5) is 222. The van der Waals surface area contributed by atoms with Crippen molar-refractivity contribution in [3.05, 3.63) is 0 Å². The van der Waals surface area contributed by atoms with E-state index in [2.05, 4.69) is 30.7 Å². The Morgan fingerprint density at radius 1 is 0.491 bits per heavy atom. The van der Waals surface area contributed by atoms with E-state index < -0.39 is 72.3 Å². The summed E-state index contributed by atoms with van der Waals surface area (Å²) in [6.07, 6.45) is 2.96. The quantitative estimate of drug-likeness (QED) is 0.0431. The van der Waals surface area contributed by atoms with Crippen LogP contribution in [0.3, 0.4) is 0 Å². The molecule has 8 saturated heterocycles. The largest absolute Gasteiger partial charge is 0.391 e. The maximum atomic E-state index is 11.9. The number of carbonyl (C=O) groups excluding carboxylic acids is 10. The SMILES string of the molecule is CC(C)N(C)CCCN1OCCC1=O.CC1(C)CON(CC(=O)CP(C)(=O)O)C1=O.CC1CON(CC(O)CP(=O)(O)O)C1=O.CC1CON(CCCP(=O)(O)O)C1=O.CC1CON(COCP(C)(=O)O)C1=O.CN(C)CC(=O)CN1OCCC(C)(C)C1=O.CN(C)CCCN1OCCCC1=O.CP(=O)(O)COCN1OCCCC1=O. The molecule has 116 heavy (non-hydrogen) atoms. The van der Waals surface area contributed by atoms with Crippen LogP contribution in [-0.2, 0) is 119 Å². The van der Waals surface area contributed by atoms with Gasteiger partial charge in [-0.2, -0.15) is 10.1 Å². The second kappa shape index (κ2) is 52.7. The Labute approximate surface area is 679 Å². The fraction of sp³-hybridized carbons (Fsp3) is 0.851. The summed E-state index contributed by atoms with van der Waals surface area (Å²) >= 11 is 0. The molecule has 0 bridgehead atoms. The van der Waals surface area contributed by atoms with E-state index in [1.165, 1.54) is 33.6 Å². The zero-order valence-corrected chi connectivity index (χ0v) is 74.6. The number of β-amino-alcohol motifs (C(OH)–C–C–N with tert-alkyl or cyclic N) is 1. The molecular weight excluding hydrogens is 1640 g/mol. The van der Waals surface area contributed by atoms with Gasteiger partial charge < -0.3 is 63.5 Å². The van der Waals surface area contributed by atoms with Crippen LogP contribution < -0.4 is 0 Å². The number of aliphatic hydroxyl groups excluding tert-OH is 1. The Hall–Kier alpha value is -4.59. The van der Waals surface area contributed by atoms with Crippen molar-refractivity contribution < 1.29 is 158 Å². The van der Waals surface area contributed by atoms with Crippen molar-refractivity contribution in [3.63, 3.8) is 0 Å². The van der Waals surface area contributed by atoms with Gasteiger partial charge in [-0.3, -0.25) is 109 Å². The van der Waals surface area contributed by atoms with E-state index in [0.29, 0.717) is 84.3 Å². The summed E-state index contributed by atoms with van der Waals surface area (Å²) in [7, 11) is -8.14. The smallest absolute Gasteiger partial charge is 0.328 e. The Bertz CT molecular complexity index is 3260. The number of Topliss-reactive ketones (excluding diaryl/α,β-unsaturated/α-hetero) is 2. The van der Waals surface area contributed by atoms with Crippen LogP contribution >= 0.6 is 37.3 Å². The molecule has 7 unspecified atom stereocenters. The molecule has 8 heterocycles. The molecule has 0 radical (unpaired) electrons. The molecule has 0 aromatic heterocycles. The fourth-order valence-corrected chi connectivity index (χ4v) is 12.8. The second-order valence-corrected chi connectivity index (χ2v) is 41.7. The van der Waals surface area contributed by atoms with Crippen LogP contribution in [0.1, 0.15) is 120 Å². The molecule has 44 nitrogen and oxygen atoms in total. The maximum Gasteiger partial charge on any atom is 0.328 e. The van der Waals surface area contributed by atoms with Gasteiger partial charge in [0.05, 0.1) is 120 Å². The van der Waals surface area contributed by atoms with E-state index in [1.54, 1.807) is 39.5 Å². The number of ether oxygens (including phenoxy) is 2. The van der Waals surface area contributed by atoms with Crippen molar-refractivity contribution >= 4 is 96.1 Å². The predicted octanol–water partition coefficient (Wildman–Crippen LogP) is 1.43. The minimum Gasteiger partial charge on any atom is -0.391 e. The fourth-order valence-electron chi connectivity index (χ4n) is 10.0. The van der Waals surface area contributed by atoms with Crippen LogP contribution in [0.4, 0.5) is 0 Å². The topological polar surface area (TPSA) is 546 Å². The average molecular weight is 1770 g/mol. The highest BCUT2D eigenvalue weighted by Gasteiger charge is 2.42. The van der Waals surface area contributed by atoms with Gasteiger partial charge in [0.2, 0.25) is 39.8 Å². The molecule has 49 heteroatoms. The van der Waals surface area contributed by atoms with E-state index in [-0.39, 0.29) is 149 Å². The summed E-state index contributed by atoms with van der Waals surface area (Å²) in [6.45, 7) is 27.0. The first-order chi connectivity index (χ1) is 53.3. The lowest BCUT2D eigenvalue weighted by Gasteiger charge is -2.35. The minimum absolute atomic E-state index is 0.0175. The van der Waals surface area contributed by atoms with Gasteiger partial charge in [0.1, 0.15) is 39.2 Å². The van der Waals surface area contributed by atoms with Gasteiger partial charge in [-0.05, 0) is 115 Å². The van der Waals surface area contributed by atoms with Gasteiger partial charge in [-0.25, -0.2) is 30.4 Å². The van der Waals surface area contributed by atoms with E-state index in [1.807, 2.05) is 42.0 Å². The van der Waals surface area contributed by atoms with E-state index in [4.69, 9.17) is 82.4 Å². The van der Waals surface area contributed by atoms with Crippen molar-refractivity contribution in [3.8, 4) is 0 Å². The highest BCUT2D eigenvalue weighted by atomic mass is 31.2. The highest BCUT2D eigenvalue weighted by molar-refractivity contribution is 7.58. The molecule has 8 aliphatic heterocycles. The number of likely N-dealkylation sites (N-methyl/N-ethyl adjacent to an activating group) is 1. The van der Waals surface area contributed by atoms with Crippen molar-refractivity contribution in [2.24, 2.45) is 28.6 Å². The standard InChI is InChI=1S/C11H20N2O3.C10H20N2O2.C9H18N2O2.C9H16NO5P.C7H14NO6P.3C7H14NO5P/c1-11(2)5-6-16-13(10(11)15)8-9(14)7-12(3)4;1-9(2)11(3)6-4-7-12-10(13)5-8-14-12;1-10(2)6-4-7-11-9(12)5-3-8-13-11;1-9(2)6-15-10(8(9)12)4-7(11)5-16(3,13)14;1-5-3-14-8(7(5)10)2-6(9)4-15(11,12)13;1-6-3-13-8(7(6)9)4-12-5-14(2,10)11;1-14(10,11)6-12-5-8-7(9)3-2-4-13-8;1-6-5-13-8(7(6)9)3-2-4-14(10,11)12/h5-8H2,1-4H3;9H,4-8H2,1-3H3;3-8H2,1-2H3;4-6H2,1-3H3,(H,13,14);5-6,9H,2-4H2,1H3,(H2,11,12,13);6H,3-5H2,1-2H3,(H,10,11);2-6H2,1H3,(H,10,11);6H,2-5H2,1H3,(H2,10,11,12). The summed E-state index contributed by atoms with van der Waals surface area (Å²) in [5.41, 5.74) is -1.05. The van der Waals surface area contributed by atoms with E-state index in [9.17, 15) is 75.9 Å². The molecule has 0 aromatic carbocycles. The second-order valence-electron chi connectivity index (χ2n) is 31.1. The molecule has 8 rings (SSSR count). The Kier molecular flexibility index (Phi) is 49.7. The molecule has 0 spiro atoms. The van der Waals surface area contributed by atoms with Crippen LogP contribution in [-0.4, -0.2) is 377 Å². The Morgan fingerprint density at radius 2 is 0.914 bits per heavy atom. The molecule has 8 aliphatic rings. The third kappa shape index (κ3) is 48.7. The lowest BCUT2D eigenvalue weighted by molar-refractivity contribution is -0.221. The summed E-state index contributed by atoms with van der Waals surface area (Å²) in [5.74, 6) is -1.91. The van der Waals surface area contributed by atoms with Gasteiger partial charge in [0.25, 0.3) is 29.5 Å². The third-order valence-corrected chi connectivity index (χ3v) is 20.7. The summed E-state index contributed by atoms with van der Waals surface area (Å²) < 4.78 is 63.4. The molecule has 0 aromatic rings. The molecule has 0 saturated carbocycles. The number of amides is 8. The van der Waals surface area contributed by atoms with Crippen LogP contribution in [0.25, 0.3) is 0 Å². The lowest BCUT2D eigenvalue weighted by atomic mass is 9.87. The maximum absolute atomic E-state index is 11.9. The third-order valence-electron chi connectivity index (χ3n) is 16.6. The Morgan fingerprint density at radius 3 is 1.32 bits per heavy atom. The molecule has 0 aliphatic carbocycles. The number of carbonyl (C=O) groups is 10. The van der Waals surface area contributed by atoms with Gasteiger partial charge in [-0.15, -0.1) is 0 Å². The highest BCUT2D eigenvalue weighted by Crippen LogP contribution is 2.39. The Balaban J connectivity index is 0.000000663. The number of ketones is 2. The van der Waals surface area contributed by atoms with Crippen molar-refractivity contribution in [1.82, 2.24) is 55.2 Å². The monoisotopic (exact) mass is 1770 g/mol. The zero-order chi connectivity index (χ0) is 88.9. The summed E-state index contributed by atoms with van der Waals surface area (Å²) in [5, 5.41) is 18.7. The van der Waals surface area contributed by atoms with Crippen molar-refractivity contribution in [1.29, 1.82) is 0 Å². The van der Waals surface area contributed by atoms with Gasteiger partial charge >= 0.3 is 15.2 Å². The van der Waals surface area contributed by atoms with E-state index in [0.717, 1.165) is 72.4 Å². The molecule has 676 valence electrons. The van der Waals surface area contributed by atoms with Gasteiger partial charge in [0, 0.05) is 63.9 Å². The predicted molar refractivity (Wildman–Crippen MR) is 417 cm³/mol. The van der Waals surface area contributed by atoms with Crippen LogP contribution in [0, 0.1) is 28.6 Å². The summed E-state index contributed by atoms with van der Waals surface area (Å²) in [6, 6.07) is 0.560. The molecular formula is C67H130N11O33P5. The van der Waals surface area contributed by atoms with Crippen LogP contribution in [0.2, 0.25) is 0 Å². The van der Waals surface area contributed by atoms with Gasteiger partial charge in [-0.1, -0.05) is 34.6 Å². The zero-order valence-electron chi connectivity index (χ0n) is 70.2. The van der Waals surface area contributed by atoms with Crippen molar-refractivity contribution in [2.45, 2.75) is 132 Å².